The average Bonchev–Trinajstić information content (AvgIpc) is 3.03. The van der Waals surface area contributed by atoms with Crippen LogP contribution in [0.15, 0.2) is 54.6 Å². The molecule has 1 fully saturated rings. The molecule has 0 bridgehead atoms. The summed E-state index contributed by atoms with van der Waals surface area (Å²) in [5.74, 6) is -0.694. The van der Waals surface area contributed by atoms with Gasteiger partial charge in [0.05, 0.1) is 5.92 Å². The summed E-state index contributed by atoms with van der Waals surface area (Å²) in [7, 11) is 0. The first-order valence-corrected chi connectivity index (χ1v) is 8.96. The summed E-state index contributed by atoms with van der Waals surface area (Å²) in [6.45, 7) is 1.40. The molecule has 1 atom stereocenters. The number of benzene rings is 2. The average molecular weight is 354 g/mol. The van der Waals surface area contributed by atoms with Crippen LogP contribution in [-0.2, 0) is 22.4 Å². The van der Waals surface area contributed by atoms with Crippen molar-refractivity contribution in [2.75, 3.05) is 19.6 Å². The van der Waals surface area contributed by atoms with Gasteiger partial charge in [0.1, 0.15) is 5.82 Å². The molecule has 2 amide bonds. The molecule has 2 aromatic carbocycles. The Morgan fingerprint density at radius 1 is 1.08 bits per heavy atom. The minimum atomic E-state index is -0.320. The van der Waals surface area contributed by atoms with Crippen LogP contribution in [0.5, 0.6) is 0 Å². The van der Waals surface area contributed by atoms with E-state index in [9.17, 15) is 14.0 Å². The maximum atomic E-state index is 13.7. The molecule has 1 N–H and O–H groups in total. The number of amides is 2. The number of rotatable bonds is 7. The molecule has 1 heterocycles. The fraction of sp³-hybridized carbons (Fsp3) is 0.333. The second-order valence-electron chi connectivity index (χ2n) is 6.61. The molecule has 1 saturated heterocycles. The van der Waals surface area contributed by atoms with Gasteiger partial charge in [-0.3, -0.25) is 9.59 Å². The minimum absolute atomic E-state index is 0.0375. The van der Waals surface area contributed by atoms with Gasteiger partial charge in [-0.2, -0.15) is 0 Å². The van der Waals surface area contributed by atoms with Crippen LogP contribution in [0, 0.1) is 11.7 Å². The van der Waals surface area contributed by atoms with Gasteiger partial charge in [0.25, 0.3) is 0 Å². The molecular weight excluding hydrogens is 331 g/mol. The van der Waals surface area contributed by atoms with Crippen LogP contribution >= 0.6 is 0 Å². The van der Waals surface area contributed by atoms with Crippen LogP contribution in [0.4, 0.5) is 4.39 Å². The molecule has 0 spiro atoms. The Balaban J connectivity index is 1.44. The first-order valence-electron chi connectivity index (χ1n) is 8.96. The highest BCUT2D eigenvalue weighted by molar-refractivity contribution is 5.89. The Morgan fingerprint density at radius 3 is 2.58 bits per heavy atom. The summed E-state index contributed by atoms with van der Waals surface area (Å²) in [5, 5.41) is 2.92. The van der Waals surface area contributed by atoms with E-state index in [0.29, 0.717) is 31.6 Å². The van der Waals surface area contributed by atoms with Crippen molar-refractivity contribution in [2.24, 2.45) is 5.92 Å². The zero-order chi connectivity index (χ0) is 18.4. The monoisotopic (exact) mass is 354 g/mol. The maximum Gasteiger partial charge on any atom is 0.225 e. The topological polar surface area (TPSA) is 49.4 Å². The Hall–Kier alpha value is -2.69. The number of hydrogen-bond donors (Lipinski definition) is 1. The fourth-order valence-corrected chi connectivity index (χ4v) is 3.24. The standard InChI is InChI=1S/C21H23FN2O2/c22-19-9-5-4-8-17(19)11-13-24-15-18(14-20(24)25)21(26)23-12-10-16-6-2-1-3-7-16/h1-9,18H,10-15H2,(H,23,26). The lowest BCUT2D eigenvalue weighted by atomic mass is 10.1. The number of halogens is 1. The van der Waals surface area contributed by atoms with Gasteiger partial charge in [0, 0.05) is 26.1 Å². The van der Waals surface area contributed by atoms with E-state index in [4.69, 9.17) is 0 Å². The lowest BCUT2D eigenvalue weighted by molar-refractivity contribution is -0.129. The van der Waals surface area contributed by atoms with Crippen molar-refractivity contribution in [1.29, 1.82) is 0 Å². The van der Waals surface area contributed by atoms with E-state index in [-0.39, 0.29) is 30.0 Å². The summed E-state index contributed by atoms with van der Waals surface area (Å²) in [5.41, 5.74) is 1.76. The number of carbonyl (C=O) groups excluding carboxylic acids is 2. The molecule has 1 aliphatic rings. The largest absolute Gasteiger partial charge is 0.355 e. The number of carbonyl (C=O) groups is 2. The zero-order valence-electron chi connectivity index (χ0n) is 14.7. The second kappa shape index (κ2) is 8.61. The van der Waals surface area contributed by atoms with Gasteiger partial charge in [-0.25, -0.2) is 4.39 Å². The summed E-state index contributed by atoms with van der Waals surface area (Å²) in [6, 6.07) is 16.5. The first kappa shape index (κ1) is 18.1. The molecule has 1 aliphatic heterocycles. The highest BCUT2D eigenvalue weighted by Crippen LogP contribution is 2.19. The quantitative estimate of drug-likeness (QED) is 0.831. The molecular formula is C21H23FN2O2. The number of nitrogens with zero attached hydrogens (tertiary/aromatic N) is 1. The van der Waals surface area contributed by atoms with E-state index in [0.717, 1.165) is 6.42 Å². The number of likely N-dealkylation sites (tertiary alicyclic amines) is 1. The van der Waals surface area contributed by atoms with Crippen LogP contribution in [0.2, 0.25) is 0 Å². The lowest BCUT2D eigenvalue weighted by Crippen LogP contribution is -2.34. The summed E-state index contributed by atoms with van der Waals surface area (Å²) in [4.78, 5) is 26.1. The third kappa shape index (κ3) is 4.69. The highest BCUT2D eigenvalue weighted by Gasteiger charge is 2.33. The van der Waals surface area contributed by atoms with Crippen molar-refractivity contribution >= 4 is 11.8 Å². The van der Waals surface area contributed by atoms with Crippen LogP contribution in [0.25, 0.3) is 0 Å². The van der Waals surface area contributed by atoms with Crippen molar-refractivity contribution in [3.8, 4) is 0 Å². The molecule has 4 nitrogen and oxygen atoms in total. The summed E-state index contributed by atoms with van der Waals surface area (Å²) in [6.07, 6.45) is 1.46. The van der Waals surface area contributed by atoms with Crippen LogP contribution in [-0.4, -0.2) is 36.3 Å². The van der Waals surface area contributed by atoms with Crippen molar-refractivity contribution in [3.05, 3.63) is 71.5 Å². The van der Waals surface area contributed by atoms with Gasteiger partial charge in [0.15, 0.2) is 0 Å². The number of nitrogens with one attached hydrogen (secondary N) is 1. The fourth-order valence-electron chi connectivity index (χ4n) is 3.24. The van der Waals surface area contributed by atoms with Gasteiger partial charge < -0.3 is 10.2 Å². The molecule has 2 aromatic rings. The van der Waals surface area contributed by atoms with Gasteiger partial charge in [-0.05, 0) is 30.0 Å². The van der Waals surface area contributed by atoms with Gasteiger partial charge in [-0.1, -0.05) is 48.5 Å². The van der Waals surface area contributed by atoms with Crippen LogP contribution < -0.4 is 5.32 Å². The Labute approximate surface area is 153 Å². The molecule has 3 rings (SSSR count). The predicted molar refractivity (Wildman–Crippen MR) is 97.9 cm³/mol. The molecule has 0 saturated carbocycles. The third-order valence-electron chi connectivity index (χ3n) is 4.75. The second-order valence-corrected chi connectivity index (χ2v) is 6.61. The SMILES string of the molecule is O=C(NCCc1ccccc1)C1CC(=O)N(CCc2ccccc2F)C1. The van der Waals surface area contributed by atoms with E-state index in [2.05, 4.69) is 5.32 Å². The summed E-state index contributed by atoms with van der Waals surface area (Å²) < 4.78 is 13.7. The van der Waals surface area contributed by atoms with Gasteiger partial charge >= 0.3 is 0 Å². The molecule has 0 radical (unpaired) electrons. The van der Waals surface area contributed by atoms with Crippen molar-refractivity contribution in [2.45, 2.75) is 19.3 Å². The van der Waals surface area contributed by atoms with Crippen molar-refractivity contribution < 1.29 is 14.0 Å². The van der Waals surface area contributed by atoms with E-state index in [1.165, 1.54) is 11.6 Å². The normalized spacial score (nSPS) is 16.7. The Bertz CT molecular complexity index is 764. The van der Waals surface area contributed by atoms with E-state index in [1.54, 1.807) is 23.1 Å². The molecule has 0 aliphatic carbocycles. The van der Waals surface area contributed by atoms with Gasteiger partial charge in [0.2, 0.25) is 11.8 Å². The van der Waals surface area contributed by atoms with Crippen molar-refractivity contribution in [3.63, 3.8) is 0 Å². The maximum absolute atomic E-state index is 13.7. The van der Waals surface area contributed by atoms with E-state index >= 15 is 0 Å². The Morgan fingerprint density at radius 2 is 1.81 bits per heavy atom. The minimum Gasteiger partial charge on any atom is -0.355 e. The molecule has 0 aromatic heterocycles. The highest BCUT2D eigenvalue weighted by atomic mass is 19.1. The Kier molecular flexibility index (Phi) is 6.00. The number of hydrogen-bond acceptors (Lipinski definition) is 2. The molecule has 5 heteroatoms. The zero-order valence-corrected chi connectivity index (χ0v) is 14.7. The first-order chi connectivity index (χ1) is 12.6. The van der Waals surface area contributed by atoms with E-state index < -0.39 is 0 Å². The van der Waals surface area contributed by atoms with Crippen LogP contribution in [0.3, 0.4) is 0 Å². The van der Waals surface area contributed by atoms with Crippen LogP contribution in [0.1, 0.15) is 17.5 Å². The molecule has 136 valence electrons. The van der Waals surface area contributed by atoms with Gasteiger partial charge in [-0.15, -0.1) is 0 Å². The molecule has 1 unspecified atom stereocenters. The smallest absolute Gasteiger partial charge is 0.225 e. The van der Waals surface area contributed by atoms with E-state index in [1.807, 2.05) is 30.3 Å². The third-order valence-corrected chi connectivity index (χ3v) is 4.75. The van der Waals surface area contributed by atoms with Crippen molar-refractivity contribution in [1.82, 2.24) is 10.2 Å². The predicted octanol–water partition coefficient (Wildman–Crippen LogP) is 2.58. The summed E-state index contributed by atoms with van der Waals surface area (Å²) >= 11 is 0. The lowest BCUT2D eigenvalue weighted by Gasteiger charge is -2.17. The molecule has 26 heavy (non-hydrogen) atoms.